The minimum Gasteiger partial charge on any atom is -0.493 e. The van der Waals surface area contributed by atoms with Crippen LogP contribution in [0, 0.1) is 6.92 Å². The fraction of sp³-hybridized carbons (Fsp3) is 0.304. The first-order chi connectivity index (χ1) is 14.4. The third-order valence-electron chi connectivity index (χ3n) is 4.56. The average molecular weight is 410 g/mol. The molecule has 158 valence electrons. The second kappa shape index (κ2) is 9.93. The Kier molecular flexibility index (Phi) is 7.08. The lowest BCUT2D eigenvalue weighted by Gasteiger charge is -2.13. The molecule has 30 heavy (non-hydrogen) atoms. The van der Waals surface area contributed by atoms with Crippen molar-refractivity contribution < 1.29 is 18.7 Å². The van der Waals surface area contributed by atoms with Crippen molar-refractivity contribution in [1.82, 2.24) is 4.90 Å². The summed E-state index contributed by atoms with van der Waals surface area (Å²) in [5.41, 5.74) is 1.42. The Morgan fingerprint density at radius 2 is 1.90 bits per heavy atom. The van der Waals surface area contributed by atoms with Crippen LogP contribution >= 0.6 is 0 Å². The zero-order valence-electron chi connectivity index (χ0n) is 17.4. The Hall–Kier alpha value is -3.32. The van der Waals surface area contributed by atoms with E-state index in [1.54, 1.807) is 12.1 Å². The van der Waals surface area contributed by atoms with Crippen LogP contribution in [0.5, 0.6) is 5.75 Å². The summed E-state index contributed by atoms with van der Waals surface area (Å²) in [6, 6.07) is 14.5. The Morgan fingerprint density at radius 3 is 2.63 bits per heavy atom. The maximum atomic E-state index is 12.4. The first kappa shape index (κ1) is 21.4. The van der Waals surface area contributed by atoms with E-state index in [9.17, 15) is 9.59 Å². The third kappa shape index (κ3) is 5.61. The largest absolute Gasteiger partial charge is 0.493 e. The molecule has 7 heteroatoms. The van der Waals surface area contributed by atoms with Crippen molar-refractivity contribution in [3.8, 4) is 5.75 Å². The van der Waals surface area contributed by atoms with E-state index in [1.165, 1.54) is 0 Å². The standard InChI is InChI=1S/C23H26N2O5/c1-16-20(28-13-7-12-25(2)3)11-10-18-14-19(22(26)30-21(16)18)24-23(27)29-15-17-8-5-4-6-9-17/h4-6,8-11,14H,7,12-13,15H2,1-3H3,(H,24,27). The van der Waals surface area contributed by atoms with Crippen molar-refractivity contribution in [2.24, 2.45) is 0 Å². The summed E-state index contributed by atoms with van der Waals surface area (Å²) in [7, 11) is 4.03. The van der Waals surface area contributed by atoms with Gasteiger partial charge in [0.25, 0.3) is 0 Å². The number of carbonyl (C=O) groups excluding carboxylic acids is 1. The van der Waals surface area contributed by atoms with Gasteiger partial charge in [0.15, 0.2) is 0 Å². The van der Waals surface area contributed by atoms with E-state index in [0.29, 0.717) is 23.3 Å². The normalized spacial score (nSPS) is 10.9. The highest BCUT2D eigenvalue weighted by Crippen LogP contribution is 2.28. The number of hydrogen-bond donors (Lipinski definition) is 1. The predicted octanol–water partition coefficient (Wildman–Crippen LogP) is 4.18. The molecule has 0 saturated carbocycles. The van der Waals surface area contributed by atoms with Gasteiger partial charge in [-0.3, -0.25) is 5.32 Å². The van der Waals surface area contributed by atoms with Gasteiger partial charge in [-0.25, -0.2) is 9.59 Å². The molecule has 1 amide bonds. The van der Waals surface area contributed by atoms with Gasteiger partial charge in [0.1, 0.15) is 23.6 Å². The van der Waals surface area contributed by atoms with E-state index in [-0.39, 0.29) is 12.3 Å². The Bertz CT molecular complexity index is 1060. The van der Waals surface area contributed by atoms with Crippen molar-refractivity contribution in [2.45, 2.75) is 20.0 Å². The quantitative estimate of drug-likeness (QED) is 0.443. The monoisotopic (exact) mass is 410 g/mol. The van der Waals surface area contributed by atoms with Crippen LogP contribution in [-0.4, -0.2) is 38.2 Å². The fourth-order valence-corrected chi connectivity index (χ4v) is 2.98. The molecule has 1 aromatic heterocycles. The van der Waals surface area contributed by atoms with Gasteiger partial charge in [0, 0.05) is 17.5 Å². The number of benzene rings is 2. The highest BCUT2D eigenvalue weighted by atomic mass is 16.5. The lowest BCUT2D eigenvalue weighted by molar-refractivity contribution is 0.155. The summed E-state index contributed by atoms with van der Waals surface area (Å²) in [4.78, 5) is 26.5. The van der Waals surface area contributed by atoms with Crippen LogP contribution in [0.15, 0.2) is 57.7 Å². The number of nitrogens with zero attached hydrogens (tertiary/aromatic N) is 1. The number of nitrogens with one attached hydrogen (secondary N) is 1. The van der Waals surface area contributed by atoms with Gasteiger partial charge in [-0.2, -0.15) is 0 Å². The smallest absolute Gasteiger partial charge is 0.412 e. The zero-order chi connectivity index (χ0) is 21.5. The van der Waals surface area contributed by atoms with Crippen LogP contribution in [0.2, 0.25) is 0 Å². The number of ether oxygens (including phenoxy) is 2. The highest BCUT2D eigenvalue weighted by molar-refractivity contribution is 5.89. The van der Waals surface area contributed by atoms with Gasteiger partial charge >= 0.3 is 11.7 Å². The molecule has 3 rings (SSSR count). The fourth-order valence-electron chi connectivity index (χ4n) is 2.98. The molecule has 0 fully saturated rings. The molecule has 0 unspecified atom stereocenters. The van der Waals surface area contributed by atoms with Crippen molar-refractivity contribution in [3.05, 3.63) is 70.1 Å². The lowest BCUT2D eigenvalue weighted by Crippen LogP contribution is -2.18. The maximum Gasteiger partial charge on any atom is 0.412 e. The first-order valence-electron chi connectivity index (χ1n) is 9.77. The summed E-state index contributed by atoms with van der Waals surface area (Å²) >= 11 is 0. The summed E-state index contributed by atoms with van der Waals surface area (Å²) < 4.78 is 16.4. The maximum absolute atomic E-state index is 12.4. The van der Waals surface area contributed by atoms with Crippen LogP contribution < -0.4 is 15.7 Å². The van der Waals surface area contributed by atoms with Crippen molar-refractivity contribution in [3.63, 3.8) is 0 Å². The molecule has 0 aliphatic rings. The van der Waals surface area contributed by atoms with Gasteiger partial charge in [-0.1, -0.05) is 30.3 Å². The van der Waals surface area contributed by atoms with E-state index in [4.69, 9.17) is 13.9 Å². The van der Waals surface area contributed by atoms with Gasteiger partial charge in [0.2, 0.25) is 0 Å². The molecular formula is C23H26N2O5. The van der Waals surface area contributed by atoms with E-state index in [0.717, 1.165) is 24.1 Å². The number of hydrogen-bond acceptors (Lipinski definition) is 6. The van der Waals surface area contributed by atoms with Crippen LogP contribution in [0.25, 0.3) is 11.0 Å². The number of rotatable bonds is 8. The minimum absolute atomic E-state index is 0.0274. The zero-order valence-corrected chi connectivity index (χ0v) is 17.4. The van der Waals surface area contributed by atoms with Gasteiger partial charge in [0.05, 0.1) is 6.61 Å². The second-order valence-corrected chi connectivity index (χ2v) is 7.25. The molecule has 7 nitrogen and oxygen atoms in total. The topological polar surface area (TPSA) is 81.0 Å². The van der Waals surface area contributed by atoms with Crippen LogP contribution in [0.4, 0.5) is 10.5 Å². The van der Waals surface area contributed by atoms with Gasteiger partial charge in [-0.15, -0.1) is 0 Å². The molecule has 0 saturated heterocycles. The van der Waals surface area contributed by atoms with Gasteiger partial charge < -0.3 is 18.8 Å². The summed E-state index contributed by atoms with van der Waals surface area (Å²) in [5.74, 6) is 0.674. The van der Waals surface area contributed by atoms with E-state index >= 15 is 0 Å². The Balaban J connectivity index is 1.68. The molecule has 3 aromatic rings. The number of carbonyl (C=O) groups is 1. The minimum atomic E-state index is -0.719. The van der Waals surface area contributed by atoms with Crippen LogP contribution in [-0.2, 0) is 11.3 Å². The highest BCUT2D eigenvalue weighted by Gasteiger charge is 2.13. The molecule has 0 bridgehead atoms. The molecule has 1 heterocycles. The molecule has 0 aliphatic heterocycles. The molecule has 0 atom stereocenters. The first-order valence-corrected chi connectivity index (χ1v) is 9.77. The van der Waals surface area contributed by atoms with Crippen LogP contribution in [0.1, 0.15) is 17.5 Å². The molecule has 0 spiro atoms. The second-order valence-electron chi connectivity index (χ2n) is 7.25. The Morgan fingerprint density at radius 1 is 1.13 bits per heavy atom. The lowest BCUT2D eigenvalue weighted by atomic mass is 10.1. The number of fused-ring (bicyclic) bond motifs is 1. The summed E-state index contributed by atoms with van der Waals surface area (Å²) in [6.07, 6.45) is 0.172. The molecular weight excluding hydrogens is 384 g/mol. The van der Waals surface area contributed by atoms with E-state index < -0.39 is 11.7 Å². The molecule has 2 aromatic carbocycles. The number of aryl methyl sites for hydroxylation is 1. The van der Waals surface area contributed by atoms with Crippen molar-refractivity contribution in [1.29, 1.82) is 0 Å². The summed E-state index contributed by atoms with van der Waals surface area (Å²) in [6.45, 7) is 3.45. The van der Waals surface area contributed by atoms with Crippen molar-refractivity contribution in [2.75, 3.05) is 32.6 Å². The van der Waals surface area contributed by atoms with Gasteiger partial charge in [-0.05, 0) is 51.2 Å². The number of amides is 1. The number of anilines is 1. The molecule has 0 radical (unpaired) electrons. The predicted molar refractivity (Wildman–Crippen MR) is 116 cm³/mol. The third-order valence-corrected chi connectivity index (χ3v) is 4.56. The average Bonchev–Trinajstić information content (AvgIpc) is 2.73. The molecule has 0 aliphatic carbocycles. The van der Waals surface area contributed by atoms with E-state index in [2.05, 4.69) is 10.2 Å². The summed E-state index contributed by atoms with van der Waals surface area (Å²) in [5, 5.41) is 3.14. The molecule has 1 N–H and O–H groups in total. The van der Waals surface area contributed by atoms with Crippen molar-refractivity contribution >= 4 is 22.7 Å². The Labute approximate surface area is 175 Å². The SMILES string of the molecule is Cc1c(OCCCN(C)C)ccc2cc(NC(=O)OCc3ccccc3)c(=O)oc12. The van der Waals surface area contributed by atoms with Crippen LogP contribution in [0.3, 0.4) is 0 Å². The van der Waals surface area contributed by atoms with E-state index in [1.807, 2.05) is 57.4 Å².